The number of primary sulfonamides is 1. The summed E-state index contributed by atoms with van der Waals surface area (Å²) in [6, 6.07) is 15.4. The largest absolute Gasteiger partial charge is 0.416 e. The predicted molar refractivity (Wildman–Crippen MR) is 76.5 cm³/mol. The van der Waals surface area contributed by atoms with Gasteiger partial charge in [0.05, 0.1) is 4.90 Å². The fourth-order valence-electron chi connectivity index (χ4n) is 1.84. The average Bonchev–Trinajstić information content (AvgIpc) is 2.97. The van der Waals surface area contributed by atoms with Crippen LogP contribution in [-0.2, 0) is 10.0 Å². The molecule has 1 aromatic heterocycles. The molecule has 0 saturated carbocycles. The molecule has 0 radical (unpaired) electrons. The molecule has 7 heteroatoms. The molecular formula is C14H11N3O3S. The van der Waals surface area contributed by atoms with Crippen LogP contribution in [0.15, 0.2) is 63.9 Å². The number of nitrogens with two attached hydrogens (primary N) is 1. The Labute approximate surface area is 121 Å². The van der Waals surface area contributed by atoms with Gasteiger partial charge in [-0.05, 0) is 30.3 Å². The SMILES string of the molecule is NS(=O)(=O)c1cccc(-c2nnc(-c3ccccc3)o2)c1. The van der Waals surface area contributed by atoms with Gasteiger partial charge in [-0.25, -0.2) is 13.6 Å². The van der Waals surface area contributed by atoms with Crippen LogP contribution < -0.4 is 5.14 Å². The zero-order chi connectivity index (χ0) is 14.9. The summed E-state index contributed by atoms with van der Waals surface area (Å²) < 4.78 is 28.3. The second-order valence-electron chi connectivity index (χ2n) is 4.35. The van der Waals surface area contributed by atoms with Crippen molar-refractivity contribution in [2.75, 3.05) is 0 Å². The highest BCUT2D eigenvalue weighted by molar-refractivity contribution is 7.89. The van der Waals surface area contributed by atoms with E-state index in [1.165, 1.54) is 12.1 Å². The van der Waals surface area contributed by atoms with Crippen LogP contribution in [0.2, 0.25) is 0 Å². The molecule has 0 fully saturated rings. The molecule has 0 bridgehead atoms. The highest BCUT2D eigenvalue weighted by Gasteiger charge is 2.13. The van der Waals surface area contributed by atoms with Crippen molar-refractivity contribution >= 4 is 10.0 Å². The minimum atomic E-state index is -3.77. The lowest BCUT2D eigenvalue weighted by Crippen LogP contribution is -2.11. The number of benzene rings is 2. The predicted octanol–water partition coefficient (Wildman–Crippen LogP) is 2.05. The van der Waals surface area contributed by atoms with Gasteiger partial charge < -0.3 is 4.42 Å². The highest BCUT2D eigenvalue weighted by Crippen LogP contribution is 2.24. The standard InChI is InChI=1S/C14H11N3O3S/c15-21(18,19)12-8-4-7-11(9-12)14-17-16-13(20-14)10-5-2-1-3-6-10/h1-9H,(H2,15,18,19). The van der Waals surface area contributed by atoms with Gasteiger partial charge in [-0.1, -0.05) is 24.3 Å². The first-order valence-electron chi connectivity index (χ1n) is 6.06. The van der Waals surface area contributed by atoms with E-state index >= 15 is 0 Å². The van der Waals surface area contributed by atoms with Crippen molar-refractivity contribution in [1.29, 1.82) is 0 Å². The Balaban J connectivity index is 2.01. The lowest BCUT2D eigenvalue weighted by atomic mass is 10.2. The molecule has 106 valence electrons. The number of sulfonamides is 1. The van der Waals surface area contributed by atoms with Crippen molar-refractivity contribution in [3.8, 4) is 22.9 Å². The molecule has 0 aliphatic heterocycles. The normalized spacial score (nSPS) is 11.5. The van der Waals surface area contributed by atoms with E-state index in [1.54, 1.807) is 12.1 Å². The fraction of sp³-hybridized carbons (Fsp3) is 0. The molecule has 0 atom stereocenters. The third-order valence-corrected chi connectivity index (χ3v) is 3.77. The Bertz CT molecular complexity index is 873. The molecule has 0 saturated heterocycles. The van der Waals surface area contributed by atoms with E-state index in [1.807, 2.05) is 30.3 Å². The monoisotopic (exact) mass is 301 g/mol. The Morgan fingerprint density at radius 2 is 1.48 bits per heavy atom. The van der Waals surface area contributed by atoms with Gasteiger partial charge in [0.1, 0.15) is 0 Å². The Hall–Kier alpha value is -2.51. The summed E-state index contributed by atoms with van der Waals surface area (Å²) in [6.07, 6.45) is 0. The summed E-state index contributed by atoms with van der Waals surface area (Å²) in [5.41, 5.74) is 1.29. The maximum absolute atomic E-state index is 11.4. The van der Waals surface area contributed by atoms with Crippen LogP contribution in [0.25, 0.3) is 22.9 Å². The van der Waals surface area contributed by atoms with E-state index in [4.69, 9.17) is 9.56 Å². The Morgan fingerprint density at radius 3 is 2.14 bits per heavy atom. The van der Waals surface area contributed by atoms with Gasteiger partial charge in [0, 0.05) is 11.1 Å². The number of hydrogen-bond acceptors (Lipinski definition) is 5. The zero-order valence-electron chi connectivity index (χ0n) is 10.8. The molecule has 2 N–H and O–H groups in total. The van der Waals surface area contributed by atoms with Crippen molar-refractivity contribution in [3.05, 3.63) is 54.6 Å². The molecule has 3 aromatic rings. The molecule has 2 aromatic carbocycles. The maximum Gasteiger partial charge on any atom is 0.248 e. The Morgan fingerprint density at radius 1 is 0.857 bits per heavy atom. The zero-order valence-corrected chi connectivity index (χ0v) is 11.6. The summed E-state index contributed by atoms with van der Waals surface area (Å²) in [4.78, 5) is -0.000499. The number of hydrogen-bond donors (Lipinski definition) is 1. The molecule has 3 rings (SSSR count). The molecule has 0 aliphatic rings. The van der Waals surface area contributed by atoms with Crippen molar-refractivity contribution < 1.29 is 12.8 Å². The molecule has 0 amide bonds. The number of rotatable bonds is 3. The van der Waals surface area contributed by atoms with Crippen molar-refractivity contribution in [2.45, 2.75) is 4.90 Å². The van der Waals surface area contributed by atoms with Crippen LogP contribution in [-0.4, -0.2) is 18.6 Å². The third kappa shape index (κ3) is 2.83. The van der Waals surface area contributed by atoms with E-state index in [-0.39, 0.29) is 10.8 Å². The number of aromatic nitrogens is 2. The van der Waals surface area contributed by atoms with Gasteiger partial charge in [0.15, 0.2) is 0 Å². The van der Waals surface area contributed by atoms with Gasteiger partial charge in [-0.2, -0.15) is 0 Å². The molecule has 1 heterocycles. The van der Waals surface area contributed by atoms with Gasteiger partial charge in [-0.15, -0.1) is 10.2 Å². The van der Waals surface area contributed by atoms with Crippen molar-refractivity contribution in [1.82, 2.24) is 10.2 Å². The van der Waals surface area contributed by atoms with Crippen LogP contribution in [0.4, 0.5) is 0 Å². The van der Waals surface area contributed by atoms with E-state index in [0.717, 1.165) is 5.56 Å². The van der Waals surface area contributed by atoms with Gasteiger partial charge in [0.2, 0.25) is 21.8 Å². The van der Waals surface area contributed by atoms with E-state index in [2.05, 4.69) is 10.2 Å². The van der Waals surface area contributed by atoms with E-state index < -0.39 is 10.0 Å². The highest BCUT2D eigenvalue weighted by atomic mass is 32.2. The maximum atomic E-state index is 11.4. The van der Waals surface area contributed by atoms with Crippen LogP contribution in [0.5, 0.6) is 0 Å². The first-order chi connectivity index (χ1) is 10.0. The smallest absolute Gasteiger partial charge is 0.248 e. The molecule has 0 unspecified atom stereocenters. The summed E-state index contributed by atoms with van der Waals surface area (Å²) >= 11 is 0. The average molecular weight is 301 g/mol. The third-order valence-electron chi connectivity index (χ3n) is 2.86. The quantitative estimate of drug-likeness (QED) is 0.798. The molecule has 0 aliphatic carbocycles. The summed E-state index contributed by atoms with van der Waals surface area (Å²) in [5, 5.41) is 13.0. The lowest BCUT2D eigenvalue weighted by molar-refractivity contribution is 0.584. The second-order valence-corrected chi connectivity index (χ2v) is 5.91. The van der Waals surface area contributed by atoms with Gasteiger partial charge in [-0.3, -0.25) is 0 Å². The molecule has 0 spiro atoms. The molecule has 21 heavy (non-hydrogen) atoms. The lowest BCUT2D eigenvalue weighted by Gasteiger charge is -1.99. The summed E-state index contributed by atoms with van der Waals surface area (Å²) in [6.45, 7) is 0. The summed E-state index contributed by atoms with van der Waals surface area (Å²) in [7, 11) is -3.77. The van der Waals surface area contributed by atoms with Crippen molar-refractivity contribution in [3.63, 3.8) is 0 Å². The molecule has 6 nitrogen and oxygen atoms in total. The van der Waals surface area contributed by atoms with Gasteiger partial charge >= 0.3 is 0 Å². The van der Waals surface area contributed by atoms with E-state index in [0.29, 0.717) is 11.5 Å². The first kappa shape index (κ1) is 13.5. The van der Waals surface area contributed by atoms with Crippen LogP contribution >= 0.6 is 0 Å². The minimum Gasteiger partial charge on any atom is -0.416 e. The van der Waals surface area contributed by atoms with E-state index in [9.17, 15) is 8.42 Å². The summed E-state index contributed by atoms with van der Waals surface area (Å²) in [5.74, 6) is 0.603. The first-order valence-corrected chi connectivity index (χ1v) is 7.61. The minimum absolute atomic E-state index is 0.000499. The molecular weight excluding hydrogens is 290 g/mol. The fourth-order valence-corrected chi connectivity index (χ4v) is 2.40. The Kier molecular flexibility index (Phi) is 3.28. The van der Waals surface area contributed by atoms with Crippen LogP contribution in [0.1, 0.15) is 0 Å². The van der Waals surface area contributed by atoms with Gasteiger partial charge in [0.25, 0.3) is 0 Å². The second kappa shape index (κ2) is 5.12. The van der Waals surface area contributed by atoms with Crippen molar-refractivity contribution in [2.24, 2.45) is 5.14 Å². The van der Waals surface area contributed by atoms with Crippen LogP contribution in [0, 0.1) is 0 Å². The topological polar surface area (TPSA) is 99.1 Å². The van der Waals surface area contributed by atoms with Crippen LogP contribution in [0.3, 0.4) is 0 Å². The number of nitrogens with zero attached hydrogens (tertiary/aromatic N) is 2.